The Kier molecular flexibility index (Phi) is 3.66. The summed E-state index contributed by atoms with van der Waals surface area (Å²) >= 11 is 1.79. The van der Waals surface area contributed by atoms with Crippen molar-refractivity contribution in [2.24, 2.45) is 5.92 Å². The van der Waals surface area contributed by atoms with E-state index < -0.39 is 0 Å². The fourth-order valence-corrected chi connectivity index (χ4v) is 4.31. The number of piperidine rings is 1. The molecule has 0 radical (unpaired) electrons. The Balaban J connectivity index is 1.83. The topological polar surface area (TPSA) is 37.4 Å². The third kappa shape index (κ3) is 2.09. The first-order valence-corrected chi connectivity index (χ1v) is 7.59. The second-order valence-electron chi connectivity index (χ2n) is 5.26. The van der Waals surface area contributed by atoms with Crippen molar-refractivity contribution in [2.45, 2.75) is 18.4 Å². The summed E-state index contributed by atoms with van der Waals surface area (Å²) in [4.78, 5) is 7.18. The van der Waals surface area contributed by atoms with Crippen molar-refractivity contribution in [1.29, 1.82) is 0 Å². The molecule has 2 aliphatic rings. The van der Waals surface area contributed by atoms with Gasteiger partial charge < -0.3 is 15.0 Å². The zero-order valence-corrected chi connectivity index (χ0v) is 11.7. The van der Waals surface area contributed by atoms with E-state index in [4.69, 9.17) is 4.74 Å². The molecule has 0 saturated carbocycles. The molecule has 0 amide bonds. The van der Waals surface area contributed by atoms with E-state index in [0.717, 1.165) is 13.2 Å². The Morgan fingerprint density at radius 2 is 2.56 bits per heavy atom. The van der Waals surface area contributed by atoms with Crippen molar-refractivity contribution in [2.75, 3.05) is 39.9 Å². The number of ether oxygens (including phenoxy) is 1. The zero-order chi connectivity index (χ0) is 12.4. The number of hydrogen-bond donors (Lipinski definition) is 1. The summed E-state index contributed by atoms with van der Waals surface area (Å²) in [7, 11) is 1.76. The van der Waals surface area contributed by atoms with Gasteiger partial charge in [0, 0.05) is 38.3 Å². The van der Waals surface area contributed by atoms with Crippen LogP contribution in [0.15, 0.2) is 11.6 Å². The lowest BCUT2D eigenvalue weighted by atomic mass is 9.79. The number of nitrogens with zero attached hydrogens (tertiary/aromatic N) is 2. The number of methoxy groups -OCH3 is 1. The maximum atomic E-state index is 5.18. The molecule has 4 nitrogen and oxygen atoms in total. The van der Waals surface area contributed by atoms with Gasteiger partial charge in [-0.15, -0.1) is 11.3 Å². The number of fused-ring (bicyclic) bond motifs is 2. The predicted molar refractivity (Wildman–Crippen MR) is 72.8 cm³/mol. The van der Waals surface area contributed by atoms with E-state index in [0.29, 0.717) is 5.92 Å². The Hall–Kier alpha value is -0.490. The summed E-state index contributed by atoms with van der Waals surface area (Å²) in [6.45, 7) is 5.34. The number of thiazole rings is 1. The van der Waals surface area contributed by atoms with Gasteiger partial charge in [-0.1, -0.05) is 0 Å². The molecule has 1 aromatic rings. The zero-order valence-electron chi connectivity index (χ0n) is 10.9. The van der Waals surface area contributed by atoms with Crippen LogP contribution in [-0.4, -0.2) is 49.8 Å². The van der Waals surface area contributed by atoms with E-state index in [2.05, 4.69) is 20.6 Å². The molecule has 3 atom stereocenters. The first-order valence-electron chi connectivity index (χ1n) is 6.71. The van der Waals surface area contributed by atoms with Crippen LogP contribution in [0.3, 0.4) is 0 Å². The van der Waals surface area contributed by atoms with Crippen LogP contribution in [0.25, 0.3) is 0 Å². The Bertz CT molecular complexity index is 384. The van der Waals surface area contributed by atoms with E-state index in [1.54, 1.807) is 18.4 Å². The van der Waals surface area contributed by atoms with E-state index in [1.165, 1.54) is 37.5 Å². The minimum absolute atomic E-state index is 0.0969. The van der Waals surface area contributed by atoms with Crippen molar-refractivity contribution in [3.63, 3.8) is 0 Å². The molecule has 2 fully saturated rings. The van der Waals surface area contributed by atoms with Gasteiger partial charge in [0.05, 0.1) is 12.1 Å². The SMILES string of the molecule is COCCNC1(c2nccs2)CCN2CCC1C2. The van der Waals surface area contributed by atoms with Gasteiger partial charge >= 0.3 is 0 Å². The molecular weight excluding hydrogens is 246 g/mol. The molecule has 18 heavy (non-hydrogen) atoms. The highest BCUT2D eigenvalue weighted by atomic mass is 32.1. The summed E-state index contributed by atoms with van der Waals surface area (Å²) in [5, 5.41) is 7.12. The molecule has 2 aliphatic heterocycles. The Labute approximate surface area is 112 Å². The van der Waals surface area contributed by atoms with Gasteiger partial charge in [0.1, 0.15) is 5.01 Å². The molecule has 0 aliphatic carbocycles. The van der Waals surface area contributed by atoms with Gasteiger partial charge in [0.2, 0.25) is 0 Å². The van der Waals surface area contributed by atoms with Gasteiger partial charge in [-0.25, -0.2) is 4.98 Å². The van der Waals surface area contributed by atoms with Crippen LogP contribution in [0.5, 0.6) is 0 Å². The molecule has 3 heterocycles. The van der Waals surface area contributed by atoms with Crippen molar-refractivity contribution < 1.29 is 4.74 Å². The summed E-state index contributed by atoms with van der Waals surface area (Å²) in [6, 6.07) is 0. The number of rotatable bonds is 5. The molecule has 2 saturated heterocycles. The number of aromatic nitrogens is 1. The molecule has 3 unspecified atom stereocenters. The van der Waals surface area contributed by atoms with Gasteiger partial charge in [0.15, 0.2) is 0 Å². The largest absolute Gasteiger partial charge is 0.383 e. The Morgan fingerprint density at radius 1 is 1.61 bits per heavy atom. The smallest absolute Gasteiger partial charge is 0.113 e. The molecule has 0 aromatic carbocycles. The summed E-state index contributed by atoms with van der Waals surface area (Å²) in [5.41, 5.74) is 0.0969. The van der Waals surface area contributed by atoms with Crippen LogP contribution in [0.1, 0.15) is 17.8 Å². The van der Waals surface area contributed by atoms with Gasteiger partial charge in [-0.2, -0.15) is 0 Å². The Morgan fingerprint density at radius 3 is 3.33 bits per heavy atom. The highest BCUT2D eigenvalue weighted by molar-refractivity contribution is 7.09. The first kappa shape index (κ1) is 12.5. The van der Waals surface area contributed by atoms with Crippen LogP contribution in [0.4, 0.5) is 0 Å². The number of hydrogen-bond acceptors (Lipinski definition) is 5. The molecule has 2 bridgehead atoms. The maximum absolute atomic E-state index is 5.18. The minimum atomic E-state index is 0.0969. The average molecular weight is 267 g/mol. The van der Waals surface area contributed by atoms with E-state index >= 15 is 0 Å². The third-order valence-corrected chi connectivity index (χ3v) is 5.30. The lowest BCUT2D eigenvalue weighted by molar-refractivity contribution is 0.113. The fraction of sp³-hybridized carbons (Fsp3) is 0.769. The lowest BCUT2D eigenvalue weighted by Gasteiger charge is -2.42. The van der Waals surface area contributed by atoms with Crippen LogP contribution in [0.2, 0.25) is 0 Å². The monoisotopic (exact) mass is 267 g/mol. The number of nitrogens with one attached hydrogen (secondary N) is 1. The molecule has 5 heteroatoms. The highest BCUT2D eigenvalue weighted by Gasteiger charge is 2.48. The van der Waals surface area contributed by atoms with Crippen molar-refractivity contribution >= 4 is 11.3 Å². The van der Waals surface area contributed by atoms with Crippen LogP contribution >= 0.6 is 11.3 Å². The second-order valence-corrected chi connectivity index (χ2v) is 6.16. The van der Waals surface area contributed by atoms with Gasteiger partial charge in [-0.3, -0.25) is 0 Å². The van der Waals surface area contributed by atoms with Crippen molar-refractivity contribution in [1.82, 2.24) is 15.2 Å². The molecule has 1 aromatic heterocycles. The van der Waals surface area contributed by atoms with Crippen LogP contribution in [0, 0.1) is 5.92 Å². The lowest BCUT2D eigenvalue weighted by Crippen LogP contribution is -2.54. The summed E-state index contributed by atoms with van der Waals surface area (Å²) in [5.74, 6) is 0.703. The summed E-state index contributed by atoms with van der Waals surface area (Å²) in [6.07, 6.45) is 4.40. The van der Waals surface area contributed by atoms with Crippen LogP contribution < -0.4 is 5.32 Å². The fourth-order valence-electron chi connectivity index (χ4n) is 3.39. The van der Waals surface area contributed by atoms with Crippen molar-refractivity contribution in [3.05, 3.63) is 16.6 Å². The standard InChI is InChI=1S/C13H21N3OS/c1-17-8-4-15-13(12-14-5-9-18-12)3-7-16-6-2-11(13)10-16/h5,9,11,15H,2-4,6-8,10H2,1H3. The van der Waals surface area contributed by atoms with E-state index in [1.807, 2.05) is 6.20 Å². The normalized spacial score (nSPS) is 34.9. The third-order valence-electron chi connectivity index (χ3n) is 4.35. The predicted octanol–water partition coefficient (Wildman–Crippen LogP) is 1.30. The first-order chi connectivity index (χ1) is 8.85. The van der Waals surface area contributed by atoms with E-state index in [-0.39, 0.29) is 5.54 Å². The van der Waals surface area contributed by atoms with Gasteiger partial charge in [0.25, 0.3) is 0 Å². The maximum Gasteiger partial charge on any atom is 0.113 e. The molecule has 100 valence electrons. The van der Waals surface area contributed by atoms with Crippen molar-refractivity contribution in [3.8, 4) is 0 Å². The van der Waals surface area contributed by atoms with E-state index in [9.17, 15) is 0 Å². The minimum Gasteiger partial charge on any atom is -0.383 e. The molecule has 0 spiro atoms. The highest BCUT2D eigenvalue weighted by Crippen LogP contribution is 2.43. The van der Waals surface area contributed by atoms with Crippen LogP contribution in [-0.2, 0) is 10.3 Å². The summed E-state index contributed by atoms with van der Waals surface area (Å²) < 4.78 is 5.18. The van der Waals surface area contributed by atoms with Gasteiger partial charge in [-0.05, 0) is 25.3 Å². The quantitative estimate of drug-likeness (QED) is 0.816. The second kappa shape index (κ2) is 5.25. The average Bonchev–Trinajstić information content (AvgIpc) is 3.04. The molecule has 1 N–H and O–H groups in total. The molecule has 3 rings (SSSR count). The molecular formula is C13H21N3OS.